The first kappa shape index (κ1) is 18.8. The Bertz CT molecular complexity index is 899. The SMILES string of the molecule is O=C(NCC[C@@H]1CCOC12CN(C(=O)c1cc3c(s1)CCC3)C2)c1ccncc1. The van der Waals surface area contributed by atoms with E-state index in [-0.39, 0.29) is 17.4 Å². The largest absolute Gasteiger partial charge is 0.371 e. The molecule has 0 unspecified atom stereocenters. The van der Waals surface area contributed by atoms with Crippen molar-refractivity contribution >= 4 is 23.2 Å². The van der Waals surface area contributed by atoms with Gasteiger partial charge in [0.25, 0.3) is 11.8 Å². The number of pyridine rings is 1. The molecule has 1 aliphatic carbocycles. The van der Waals surface area contributed by atoms with E-state index in [0.29, 0.717) is 31.1 Å². The van der Waals surface area contributed by atoms with Gasteiger partial charge in [-0.15, -0.1) is 11.3 Å². The number of ether oxygens (including phenoxy) is 1. The summed E-state index contributed by atoms with van der Waals surface area (Å²) in [5, 5.41) is 2.99. The second-order valence-corrected chi connectivity index (χ2v) is 9.39. The number of hydrogen-bond acceptors (Lipinski definition) is 5. The van der Waals surface area contributed by atoms with Crippen molar-refractivity contribution in [2.24, 2.45) is 5.92 Å². The third kappa shape index (κ3) is 3.46. The molecule has 2 aromatic rings. The molecule has 2 saturated heterocycles. The third-order valence-corrected chi connectivity index (χ3v) is 7.71. The van der Waals surface area contributed by atoms with E-state index in [1.54, 1.807) is 35.9 Å². The van der Waals surface area contributed by atoms with Crippen molar-refractivity contribution in [2.75, 3.05) is 26.2 Å². The third-order valence-electron chi connectivity index (χ3n) is 6.48. The van der Waals surface area contributed by atoms with Crippen LogP contribution < -0.4 is 5.32 Å². The average molecular weight is 412 g/mol. The summed E-state index contributed by atoms with van der Waals surface area (Å²) in [6.45, 7) is 2.68. The molecule has 0 radical (unpaired) electrons. The summed E-state index contributed by atoms with van der Waals surface area (Å²) >= 11 is 1.67. The van der Waals surface area contributed by atoms with Crippen LogP contribution >= 0.6 is 11.3 Å². The molecular weight excluding hydrogens is 386 g/mol. The highest BCUT2D eigenvalue weighted by molar-refractivity contribution is 7.14. The lowest BCUT2D eigenvalue weighted by molar-refractivity contribution is -0.117. The summed E-state index contributed by atoms with van der Waals surface area (Å²) in [5.41, 5.74) is 1.77. The lowest BCUT2D eigenvalue weighted by Crippen LogP contribution is -2.66. The summed E-state index contributed by atoms with van der Waals surface area (Å²) in [6.07, 6.45) is 8.54. The molecular formula is C22H25N3O3S. The van der Waals surface area contributed by atoms with Crippen LogP contribution in [0.2, 0.25) is 0 Å². The van der Waals surface area contributed by atoms with Crippen LogP contribution in [0.3, 0.4) is 0 Å². The minimum Gasteiger partial charge on any atom is -0.371 e. The normalized spacial score (nSPS) is 21.8. The summed E-state index contributed by atoms with van der Waals surface area (Å²) in [6, 6.07) is 5.53. The van der Waals surface area contributed by atoms with Crippen LogP contribution in [0.4, 0.5) is 0 Å². The zero-order valence-corrected chi connectivity index (χ0v) is 17.2. The lowest BCUT2D eigenvalue weighted by atomic mass is 9.79. The number of aromatic nitrogens is 1. The number of aryl methyl sites for hydroxylation is 2. The molecule has 0 bridgehead atoms. The van der Waals surface area contributed by atoms with Crippen molar-refractivity contribution in [3.63, 3.8) is 0 Å². The Labute approximate surface area is 174 Å². The molecule has 3 aliphatic rings. The molecule has 1 atom stereocenters. The fourth-order valence-electron chi connectivity index (χ4n) is 4.84. The Balaban J connectivity index is 1.14. The number of fused-ring (bicyclic) bond motifs is 1. The van der Waals surface area contributed by atoms with Gasteiger partial charge >= 0.3 is 0 Å². The molecule has 2 amide bonds. The smallest absolute Gasteiger partial charge is 0.264 e. The quantitative estimate of drug-likeness (QED) is 0.821. The van der Waals surface area contributed by atoms with E-state index in [2.05, 4.69) is 16.4 Å². The van der Waals surface area contributed by atoms with Crippen LogP contribution in [0.15, 0.2) is 30.6 Å². The van der Waals surface area contributed by atoms with Crippen LogP contribution in [0.5, 0.6) is 0 Å². The number of thiophene rings is 1. The fraction of sp³-hybridized carbons (Fsp3) is 0.500. The Hall–Kier alpha value is -2.25. The van der Waals surface area contributed by atoms with Crippen molar-refractivity contribution in [1.29, 1.82) is 0 Å². The number of nitrogens with zero attached hydrogens (tertiary/aromatic N) is 2. The Morgan fingerprint density at radius 2 is 2.10 bits per heavy atom. The fourth-order valence-corrected chi connectivity index (χ4v) is 6.06. The van der Waals surface area contributed by atoms with E-state index in [9.17, 15) is 9.59 Å². The van der Waals surface area contributed by atoms with Gasteiger partial charge in [0.15, 0.2) is 0 Å². The number of hydrogen-bond donors (Lipinski definition) is 1. The predicted octanol–water partition coefficient (Wildman–Crippen LogP) is 2.68. The maximum Gasteiger partial charge on any atom is 0.264 e. The molecule has 152 valence electrons. The predicted molar refractivity (Wildman–Crippen MR) is 110 cm³/mol. The monoisotopic (exact) mass is 411 g/mol. The molecule has 4 heterocycles. The van der Waals surface area contributed by atoms with Gasteiger partial charge in [-0.1, -0.05) is 0 Å². The van der Waals surface area contributed by atoms with Crippen molar-refractivity contribution in [3.05, 3.63) is 51.5 Å². The van der Waals surface area contributed by atoms with Crippen molar-refractivity contribution in [2.45, 2.75) is 37.7 Å². The van der Waals surface area contributed by atoms with Gasteiger partial charge in [-0.3, -0.25) is 14.6 Å². The highest BCUT2D eigenvalue weighted by atomic mass is 32.1. The minimum atomic E-state index is -0.225. The molecule has 1 N–H and O–H groups in total. The molecule has 2 fully saturated rings. The molecule has 1 spiro atoms. The summed E-state index contributed by atoms with van der Waals surface area (Å²) < 4.78 is 6.10. The maximum atomic E-state index is 12.9. The lowest BCUT2D eigenvalue weighted by Gasteiger charge is -2.50. The molecule has 5 rings (SSSR count). The van der Waals surface area contributed by atoms with Gasteiger partial charge in [0.1, 0.15) is 5.60 Å². The van der Waals surface area contributed by atoms with E-state index in [0.717, 1.165) is 37.2 Å². The van der Waals surface area contributed by atoms with Gasteiger partial charge < -0.3 is 15.0 Å². The van der Waals surface area contributed by atoms with E-state index in [1.165, 1.54) is 16.9 Å². The number of carbonyl (C=O) groups excluding carboxylic acids is 2. The zero-order valence-electron chi connectivity index (χ0n) is 16.4. The van der Waals surface area contributed by atoms with Crippen molar-refractivity contribution in [1.82, 2.24) is 15.2 Å². The topological polar surface area (TPSA) is 71.5 Å². The Morgan fingerprint density at radius 1 is 1.28 bits per heavy atom. The number of nitrogens with one attached hydrogen (secondary N) is 1. The molecule has 29 heavy (non-hydrogen) atoms. The van der Waals surface area contributed by atoms with Crippen molar-refractivity contribution in [3.8, 4) is 0 Å². The van der Waals surface area contributed by atoms with E-state index in [4.69, 9.17) is 4.74 Å². The minimum absolute atomic E-state index is 0.0727. The molecule has 2 aliphatic heterocycles. The van der Waals surface area contributed by atoms with Crippen molar-refractivity contribution < 1.29 is 14.3 Å². The standard InChI is InChI=1S/C22H25N3O3S/c26-20(15-4-8-23-9-5-15)24-10-6-17-7-11-28-22(17)13-25(14-22)21(27)19-12-16-2-1-3-18(16)29-19/h4-5,8-9,12,17H,1-3,6-7,10-11,13-14H2,(H,24,26)/t17-/m1/s1. The Kier molecular flexibility index (Phi) is 4.87. The first-order valence-corrected chi connectivity index (χ1v) is 11.2. The molecule has 7 heteroatoms. The Morgan fingerprint density at radius 3 is 2.90 bits per heavy atom. The number of rotatable bonds is 5. The van der Waals surface area contributed by atoms with Crippen LogP contribution in [0.1, 0.15) is 49.7 Å². The first-order chi connectivity index (χ1) is 14.1. The van der Waals surface area contributed by atoms with Gasteiger partial charge in [0.05, 0.1) is 18.0 Å². The summed E-state index contributed by atoms with van der Waals surface area (Å²) in [7, 11) is 0. The van der Waals surface area contributed by atoms with Gasteiger partial charge in [0.2, 0.25) is 0 Å². The van der Waals surface area contributed by atoms with Crippen LogP contribution in [-0.4, -0.2) is 53.5 Å². The second kappa shape index (κ2) is 7.54. The van der Waals surface area contributed by atoms with Gasteiger partial charge in [-0.05, 0) is 61.8 Å². The maximum absolute atomic E-state index is 12.9. The summed E-state index contributed by atoms with van der Waals surface area (Å²) in [5.74, 6) is 0.449. The van der Waals surface area contributed by atoms with Crippen LogP contribution in [-0.2, 0) is 17.6 Å². The van der Waals surface area contributed by atoms with E-state index < -0.39 is 0 Å². The molecule has 0 aromatic carbocycles. The van der Waals surface area contributed by atoms with E-state index in [1.807, 2.05) is 4.90 Å². The highest BCUT2D eigenvalue weighted by Gasteiger charge is 2.54. The van der Waals surface area contributed by atoms with Gasteiger partial charge in [-0.2, -0.15) is 0 Å². The summed E-state index contributed by atoms with van der Waals surface area (Å²) in [4.78, 5) is 33.2. The van der Waals surface area contributed by atoms with Gasteiger partial charge in [0, 0.05) is 36.0 Å². The van der Waals surface area contributed by atoms with Crippen LogP contribution in [0, 0.1) is 5.92 Å². The van der Waals surface area contributed by atoms with Gasteiger partial charge in [-0.25, -0.2) is 0 Å². The number of amides is 2. The zero-order chi connectivity index (χ0) is 19.8. The molecule has 0 saturated carbocycles. The number of likely N-dealkylation sites (tertiary alicyclic amines) is 1. The first-order valence-electron chi connectivity index (χ1n) is 10.4. The number of carbonyl (C=O) groups is 2. The molecule has 2 aromatic heterocycles. The van der Waals surface area contributed by atoms with Crippen LogP contribution in [0.25, 0.3) is 0 Å². The molecule has 6 nitrogen and oxygen atoms in total. The average Bonchev–Trinajstić information content (AvgIpc) is 3.41. The second-order valence-electron chi connectivity index (χ2n) is 8.25. The highest BCUT2D eigenvalue weighted by Crippen LogP contribution is 2.42. The van der Waals surface area contributed by atoms with E-state index >= 15 is 0 Å².